The largest absolute Gasteiger partial charge is 3.00 e. The maximum absolute atomic E-state index is 4.04. The molecule has 27 rings (SSSR count). The summed E-state index contributed by atoms with van der Waals surface area (Å²) in [5, 5.41) is 22.0. The monoisotopic (exact) mass is 1590 g/mol. The molecule has 0 atom stereocenters. The Morgan fingerprint density at radius 1 is 0.229 bits per heavy atom. The van der Waals surface area contributed by atoms with Gasteiger partial charge in [0.25, 0.3) is 0 Å². The standard InChI is InChI=1S/C37H39N.3C25H15N.CH3.Y/c1-16-14-29(23(8)18(3)17(16)2)30-15-31-32-24(9)19(4)21(6)26(11)35(32)38-36-27(12)22(7)20(5)25(10)33(36)34(28(30)13)37(31)38;1-2-8-17-15(7-1)13-16-14-20-18-9-3-5-11-21(18)26-22-12-6-4-10-19(22)24(23(16)17)25(20)26;1-2-7-17-15(6-1)14-16-12-13-22-24(23(16)17)20-10-5-9-19-18-8-3-4-11-21(18)26(22)25(19)20;1-2-7-16-15(6-1)14-21-17(16)12-13-23-24(21)20-10-5-9-19-18-8-3-4-11-22(18)26(23)25(19)20;;/h1-13H3;1-12,14H,13H2;2*1-13H,14H2;1H3;/q-2;;;;-1;+3. The number of aryl methyl sites for hydroxylation is 6. The van der Waals surface area contributed by atoms with Crippen LogP contribution in [-0.4, -0.2) is 17.6 Å². The summed E-state index contributed by atoms with van der Waals surface area (Å²) in [5.41, 5.74) is 53.5. The smallest absolute Gasteiger partial charge is 0.358 e. The molecule has 8 aromatic heterocycles. The van der Waals surface area contributed by atoms with E-state index in [-0.39, 0.29) is 40.1 Å². The van der Waals surface area contributed by atoms with Crippen molar-refractivity contribution in [3.05, 3.63) is 362 Å². The normalized spacial score (nSPS) is 12.7. The molecule has 3 aliphatic carbocycles. The molecule has 0 bridgehead atoms. The third-order valence-electron chi connectivity index (χ3n) is 29.0. The van der Waals surface area contributed by atoms with Crippen LogP contribution in [0.1, 0.15) is 106 Å². The molecule has 0 radical (unpaired) electrons. The van der Waals surface area contributed by atoms with Gasteiger partial charge in [0.15, 0.2) is 0 Å². The number of hydrogen-bond donors (Lipinski definition) is 0. The summed E-state index contributed by atoms with van der Waals surface area (Å²) in [4.78, 5) is 0. The number of hydrogen-bond acceptors (Lipinski definition) is 0. The van der Waals surface area contributed by atoms with Crippen LogP contribution >= 0.6 is 0 Å². The minimum Gasteiger partial charge on any atom is -0.358 e. The molecule has 0 saturated carbocycles. The van der Waals surface area contributed by atoms with Crippen LogP contribution in [0.3, 0.4) is 0 Å². The Hall–Kier alpha value is -12.2. The van der Waals surface area contributed by atoms with E-state index in [4.69, 9.17) is 0 Å². The maximum atomic E-state index is 4.04. The summed E-state index contributed by atoms with van der Waals surface area (Å²) < 4.78 is 10.0. The zero-order valence-electron chi connectivity index (χ0n) is 69.5. The van der Waals surface area contributed by atoms with Crippen molar-refractivity contribution in [3.63, 3.8) is 0 Å². The summed E-state index contributed by atoms with van der Waals surface area (Å²) in [5.74, 6) is 0. The second-order valence-electron chi connectivity index (χ2n) is 34.1. The maximum Gasteiger partial charge on any atom is 3.00 e. The van der Waals surface area contributed by atoms with Crippen molar-refractivity contribution in [2.24, 2.45) is 0 Å². The predicted octanol–water partition coefficient (Wildman–Crippen LogP) is 29.8. The molecule has 0 saturated heterocycles. The van der Waals surface area contributed by atoms with Gasteiger partial charge in [-0.3, -0.25) is 0 Å². The van der Waals surface area contributed by atoms with E-state index in [1.807, 2.05) is 0 Å². The minimum absolute atomic E-state index is 0. The van der Waals surface area contributed by atoms with Gasteiger partial charge in [-0.25, -0.2) is 5.56 Å². The molecule has 0 aliphatic heterocycles. The van der Waals surface area contributed by atoms with E-state index in [9.17, 15) is 0 Å². The van der Waals surface area contributed by atoms with Crippen molar-refractivity contribution in [3.8, 4) is 44.5 Å². The van der Waals surface area contributed by atoms with Gasteiger partial charge in [-0.05, 0) is 228 Å². The van der Waals surface area contributed by atoms with Gasteiger partial charge < -0.3 is 25.0 Å². The second kappa shape index (κ2) is 25.9. The predicted molar refractivity (Wildman–Crippen MR) is 500 cm³/mol. The van der Waals surface area contributed by atoms with Crippen LogP contribution in [0.5, 0.6) is 0 Å². The third kappa shape index (κ3) is 9.34. The van der Waals surface area contributed by atoms with Crippen LogP contribution in [-0.2, 0) is 52.0 Å². The summed E-state index contributed by atoms with van der Waals surface area (Å²) in [6.07, 6.45) is 3.12. The van der Waals surface area contributed by atoms with Crippen molar-refractivity contribution < 1.29 is 32.7 Å². The summed E-state index contributed by atoms with van der Waals surface area (Å²) >= 11 is 0. The molecule has 562 valence electrons. The fraction of sp³-hybridized carbons (Fsp3) is 0.142. The Labute approximate surface area is 712 Å². The fourth-order valence-corrected chi connectivity index (χ4v) is 22.6. The molecule has 0 spiro atoms. The molecule has 0 amide bonds. The average Bonchev–Trinajstić information content (AvgIpc) is 1.52. The average molecular weight is 1590 g/mol. The number of nitrogens with zero attached hydrogens (tertiary/aromatic N) is 4. The molecule has 16 aromatic carbocycles. The second-order valence-corrected chi connectivity index (χ2v) is 34.1. The van der Waals surface area contributed by atoms with E-state index in [0.29, 0.717) is 0 Å². The van der Waals surface area contributed by atoms with E-state index in [1.165, 1.54) is 303 Å². The van der Waals surface area contributed by atoms with Crippen LogP contribution in [0, 0.1) is 110 Å². The van der Waals surface area contributed by atoms with Crippen molar-refractivity contribution in [1.29, 1.82) is 0 Å². The Morgan fingerprint density at radius 2 is 0.644 bits per heavy atom. The molecule has 4 nitrogen and oxygen atoms in total. The first kappa shape index (κ1) is 72.3. The summed E-state index contributed by atoms with van der Waals surface area (Å²) in [7, 11) is 0. The van der Waals surface area contributed by atoms with Crippen molar-refractivity contribution in [2.45, 2.75) is 109 Å². The Morgan fingerprint density at radius 3 is 1.25 bits per heavy atom. The summed E-state index contributed by atoms with van der Waals surface area (Å²) in [6, 6.07) is 95.0. The van der Waals surface area contributed by atoms with Crippen LogP contribution in [0.4, 0.5) is 0 Å². The number of aromatic nitrogens is 4. The molecule has 5 heteroatoms. The van der Waals surface area contributed by atoms with E-state index in [1.54, 1.807) is 0 Å². The number of benzene rings is 16. The molecule has 3 aliphatic rings. The Kier molecular flexibility index (Phi) is 15.9. The van der Waals surface area contributed by atoms with E-state index in [2.05, 4.69) is 356 Å². The van der Waals surface area contributed by atoms with E-state index >= 15 is 0 Å². The van der Waals surface area contributed by atoms with E-state index in [0.717, 1.165) is 19.3 Å². The third-order valence-corrected chi connectivity index (χ3v) is 29.0. The molecule has 0 fully saturated rings. The van der Waals surface area contributed by atoms with Crippen molar-refractivity contribution in [1.82, 2.24) is 17.6 Å². The van der Waals surface area contributed by atoms with Gasteiger partial charge in [0.1, 0.15) is 0 Å². The Bertz CT molecular complexity index is 8510. The van der Waals surface area contributed by atoms with Gasteiger partial charge in [0.2, 0.25) is 0 Å². The van der Waals surface area contributed by atoms with Gasteiger partial charge >= 0.3 is 32.7 Å². The van der Waals surface area contributed by atoms with Crippen molar-refractivity contribution >= 4 is 152 Å². The van der Waals surface area contributed by atoms with Crippen LogP contribution in [0.25, 0.3) is 197 Å². The van der Waals surface area contributed by atoms with Gasteiger partial charge in [0.05, 0.1) is 49.7 Å². The SMILES string of the molecule is Cc1[c-]c(-c2[c-]c3c4c(C)c(C)c(C)c(C)c4n4c5c(C)c(C)c(C)c(C)c5c(c2C)c34)c(C)c(C)c1C.[CH3-].[Y+3].c1ccc2c(c1)Cc1c-2ccc2c1c1cccc3c4ccccc4n2c31.c1ccc2c(c1)Cc1cc3c4ccccc4n4c5ccccc5c(c1-2)c34.c1ccc2c(c1)Cc1ccc3c(c1-2)c1cccc2c4ccccc4n3c21. The molecule has 0 unspecified atom stereocenters. The van der Waals surface area contributed by atoms with Gasteiger partial charge in [-0.15, -0.1) is 22.3 Å². The quantitative estimate of drug-likeness (QED) is 0.146. The summed E-state index contributed by atoms with van der Waals surface area (Å²) in [6.45, 7) is 29.6. The minimum atomic E-state index is 0. The van der Waals surface area contributed by atoms with Gasteiger partial charge in [-0.2, -0.15) is 23.3 Å². The number of rotatable bonds is 1. The molecule has 118 heavy (non-hydrogen) atoms. The molecule has 24 aromatic rings. The molecule has 8 heterocycles. The molecular formula is C113H87N4Y. The van der Waals surface area contributed by atoms with Crippen molar-refractivity contribution in [2.75, 3.05) is 0 Å². The first-order chi connectivity index (χ1) is 56.6. The first-order valence-corrected chi connectivity index (χ1v) is 41.5. The van der Waals surface area contributed by atoms with Gasteiger partial charge in [0, 0.05) is 75.7 Å². The Balaban J connectivity index is 0.0000000955. The van der Waals surface area contributed by atoms with Crippen LogP contribution in [0.15, 0.2) is 237 Å². The van der Waals surface area contributed by atoms with Crippen LogP contribution in [0.2, 0.25) is 0 Å². The topological polar surface area (TPSA) is 17.6 Å². The van der Waals surface area contributed by atoms with E-state index < -0.39 is 0 Å². The number of para-hydroxylation sites is 6. The first-order valence-electron chi connectivity index (χ1n) is 41.5. The molecular weight excluding hydrogens is 1500 g/mol. The van der Waals surface area contributed by atoms with Crippen LogP contribution < -0.4 is 0 Å². The zero-order valence-corrected chi connectivity index (χ0v) is 72.3. The molecule has 0 N–H and O–H groups in total. The number of fused-ring (bicyclic) bond motifs is 36. The van der Waals surface area contributed by atoms with Gasteiger partial charge in [-0.1, -0.05) is 256 Å². The zero-order chi connectivity index (χ0) is 78.2. The fourth-order valence-electron chi connectivity index (χ4n) is 22.6.